The smallest absolute Gasteiger partial charge is 0.293 e. The monoisotopic (exact) mass is 346 g/mol. The van der Waals surface area contributed by atoms with Crippen LogP contribution in [0.2, 0.25) is 0 Å². The fourth-order valence-electron chi connectivity index (χ4n) is 2.99. The molecular weight excluding hydrogens is 327 g/mol. The summed E-state index contributed by atoms with van der Waals surface area (Å²) in [6, 6.07) is 3.24. The van der Waals surface area contributed by atoms with Crippen molar-refractivity contribution in [3.63, 3.8) is 0 Å². The van der Waals surface area contributed by atoms with Gasteiger partial charge in [0.15, 0.2) is 0 Å². The molecule has 24 heavy (non-hydrogen) atoms. The third kappa shape index (κ3) is 2.55. The van der Waals surface area contributed by atoms with Crippen molar-refractivity contribution >= 4 is 40.2 Å². The summed E-state index contributed by atoms with van der Waals surface area (Å²) in [4.78, 5) is 26.9. The van der Waals surface area contributed by atoms with Crippen LogP contribution in [-0.2, 0) is 4.79 Å². The highest BCUT2D eigenvalue weighted by Crippen LogP contribution is 2.40. The topological polar surface area (TPSA) is 40.6 Å². The number of thioether (sulfide) groups is 1. The number of imide groups is 1. The number of amides is 2. The maximum atomic E-state index is 14.6. The Labute approximate surface area is 145 Å². The number of carbonyl (C=O) groups excluding carboxylic acids is 2. The second-order valence-electron chi connectivity index (χ2n) is 6.67. The number of likely N-dealkylation sites (N-methyl/N-ethyl adjacent to an activating group) is 2. The van der Waals surface area contributed by atoms with Crippen LogP contribution >= 0.6 is 11.8 Å². The molecule has 1 aromatic carbocycles. The van der Waals surface area contributed by atoms with Crippen LogP contribution < -0.4 is 4.90 Å². The van der Waals surface area contributed by atoms with Crippen molar-refractivity contribution in [1.29, 1.82) is 0 Å². The third-order valence-electron chi connectivity index (χ3n) is 4.61. The first kappa shape index (κ1) is 16.8. The molecule has 4 nitrogen and oxygen atoms in total. The molecule has 2 heterocycles. The highest BCUT2D eigenvalue weighted by molar-refractivity contribution is 8.18. The van der Waals surface area contributed by atoms with Gasteiger partial charge in [-0.2, -0.15) is 0 Å². The van der Waals surface area contributed by atoms with Crippen LogP contribution in [0.5, 0.6) is 0 Å². The molecule has 0 aromatic heterocycles. The summed E-state index contributed by atoms with van der Waals surface area (Å²) in [5.41, 5.74) is 2.92. The van der Waals surface area contributed by atoms with Crippen molar-refractivity contribution in [3.8, 4) is 0 Å². The van der Waals surface area contributed by atoms with Gasteiger partial charge in [-0.15, -0.1) is 0 Å². The van der Waals surface area contributed by atoms with Gasteiger partial charge in [0.1, 0.15) is 5.82 Å². The van der Waals surface area contributed by atoms with E-state index in [-0.39, 0.29) is 15.7 Å². The largest absolute Gasteiger partial charge is 0.365 e. The number of allylic oxidation sites excluding steroid dienone is 1. The van der Waals surface area contributed by atoms with E-state index in [1.165, 1.54) is 19.2 Å². The van der Waals surface area contributed by atoms with Crippen molar-refractivity contribution in [3.05, 3.63) is 40.1 Å². The number of anilines is 1. The number of hydrogen-bond donors (Lipinski definition) is 0. The van der Waals surface area contributed by atoms with E-state index >= 15 is 0 Å². The van der Waals surface area contributed by atoms with Crippen LogP contribution in [0.25, 0.3) is 11.6 Å². The van der Waals surface area contributed by atoms with Crippen molar-refractivity contribution in [2.45, 2.75) is 26.3 Å². The molecular formula is C18H19FN2O2S. The molecule has 1 fully saturated rings. The van der Waals surface area contributed by atoms with E-state index in [9.17, 15) is 14.0 Å². The van der Waals surface area contributed by atoms with Crippen LogP contribution in [0.1, 0.15) is 31.9 Å². The summed E-state index contributed by atoms with van der Waals surface area (Å²) >= 11 is 0.831. The molecule has 0 radical (unpaired) electrons. The van der Waals surface area contributed by atoms with Gasteiger partial charge in [-0.3, -0.25) is 14.5 Å². The maximum Gasteiger partial charge on any atom is 0.293 e. The normalized spacial score (nSPS) is 21.4. The highest BCUT2D eigenvalue weighted by atomic mass is 32.2. The lowest BCUT2D eigenvalue weighted by atomic mass is 9.88. The van der Waals surface area contributed by atoms with E-state index in [2.05, 4.69) is 19.9 Å². The molecule has 0 aliphatic carbocycles. The summed E-state index contributed by atoms with van der Waals surface area (Å²) in [5.74, 6) is -0.804. The number of nitrogens with zero attached hydrogens (tertiary/aromatic N) is 2. The maximum absolute atomic E-state index is 14.6. The Balaban J connectivity index is 2.10. The number of benzene rings is 1. The van der Waals surface area contributed by atoms with Crippen LogP contribution in [0, 0.1) is 5.82 Å². The van der Waals surface area contributed by atoms with Gasteiger partial charge in [-0.05, 0) is 56.3 Å². The van der Waals surface area contributed by atoms with E-state index < -0.39 is 11.7 Å². The predicted molar refractivity (Wildman–Crippen MR) is 96.3 cm³/mol. The molecule has 2 amide bonds. The lowest BCUT2D eigenvalue weighted by Crippen LogP contribution is -2.42. The zero-order chi connectivity index (χ0) is 17.8. The third-order valence-corrected chi connectivity index (χ3v) is 5.57. The molecule has 126 valence electrons. The molecule has 6 heteroatoms. The standard InChI is InChI=1S/C18H19FN2O2S/c1-10-9-18(2,3)21(5)14-8-13(19)11(6-12(10)14)7-15-16(22)20(4)17(23)24-15/h6-9H,1-5H3/b15-7-. The molecule has 1 aromatic rings. The van der Waals surface area contributed by atoms with Gasteiger partial charge in [0.05, 0.1) is 10.4 Å². The van der Waals surface area contributed by atoms with Crippen molar-refractivity contribution in [2.24, 2.45) is 0 Å². The van der Waals surface area contributed by atoms with Crippen LogP contribution in [0.15, 0.2) is 23.1 Å². The Morgan fingerprint density at radius 3 is 2.46 bits per heavy atom. The number of fused-ring (bicyclic) bond motifs is 1. The molecule has 0 saturated carbocycles. The van der Waals surface area contributed by atoms with E-state index in [1.807, 2.05) is 18.9 Å². The van der Waals surface area contributed by atoms with Crippen molar-refractivity contribution in [1.82, 2.24) is 4.90 Å². The Morgan fingerprint density at radius 2 is 1.88 bits per heavy atom. The van der Waals surface area contributed by atoms with Crippen molar-refractivity contribution in [2.75, 3.05) is 19.0 Å². The molecule has 3 rings (SSSR count). The average Bonchev–Trinajstić information content (AvgIpc) is 2.73. The first-order chi connectivity index (χ1) is 11.1. The molecule has 1 saturated heterocycles. The molecule has 0 atom stereocenters. The number of carbonyl (C=O) groups is 2. The van der Waals surface area contributed by atoms with Gasteiger partial charge in [0, 0.05) is 30.9 Å². The fourth-order valence-corrected chi connectivity index (χ4v) is 3.80. The van der Waals surface area contributed by atoms with E-state index in [1.54, 1.807) is 6.07 Å². The minimum atomic E-state index is -0.408. The first-order valence-electron chi connectivity index (χ1n) is 7.60. The fraction of sp³-hybridized carbons (Fsp3) is 0.333. The number of rotatable bonds is 1. The summed E-state index contributed by atoms with van der Waals surface area (Å²) in [6.45, 7) is 6.14. The lowest BCUT2D eigenvalue weighted by Gasteiger charge is -2.40. The van der Waals surface area contributed by atoms with E-state index in [0.29, 0.717) is 5.56 Å². The molecule has 0 bridgehead atoms. The van der Waals surface area contributed by atoms with Gasteiger partial charge in [-0.1, -0.05) is 6.08 Å². The summed E-state index contributed by atoms with van der Waals surface area (Å²) < 4.78 is 14.6. The first-order valence-corrected chi connectivity index (χ1v) is 8.42. The minimum Gasteiger partial charge on any atom is -0.365 e. The Kier molecular flexibility index (Phi) is 3.83. The Hall–Kier alpha value is -2.08. The summed E-state index contributed by atoms with van der Waals surface area (Å²) in [6.07, 6.45) is 3.59. The van der Waals surface area contributed by atoms with Gasteiger partial charge >= 0.3 is 0 Å². The summed E-state index contributed by atoms with van der Waals surface area (Å²) in [7, 11) is 3.36. The second kappa shape index (κ2) is 5.48. The molecule has 0 N–H and O–H groups in total. The molecule has 2 aliphatic rings. The second-order valence-corrected chi connectivity index (χ2v) is 7.66. The van der Waals surface area contributed by atoms with Gasteiger partial charge in [0.2, 0.25) is 0 Å². The Bertz CT molecular complexity index is 827. The average molecular weight is 346 g/mol. The van der Waals surface area contributed by atoms with Gasteiger partial charge in [0.25, 0.3) is 11.1 Å². The number of halogens is 1. The number of hydrogen-bond acceptors (Lipinski definition) is 4. The highest BCUT2D eigenvalue weighted by Gasteiger charge is 2.33. The quantitative estimate of drug-likeness (QED) is 0.717. The zero-order valence-electron chi connectivity index (χ0n) is 14.3. The van der Waals surface area contributed by atoms with E-state index in [0.717, 1.165) is 33.5 Å². The van der Waals surface area contributed by atoms with Gasteiger partial charge < -0.3 is 4.90 Å². The van der Waals surface area contributed by atoms with Crippen molar-refractivity contribution < 1.29 is 14.0 Å². The van der Waals surface area contributed by atoms with Crippen LogP contribution in [-0.4, -0.2) is 35.7 Å². The molecule has 0 spiro atoms. The van der Waals surface area contributed by atoms with Crippen LogP contribution in [0.3, 0.4) is 0 Å². The minimum absolute atomic E-state index is 0.199. The molecule has 0 unspecified atom stereocenters. The summed E-state index contributed by atoms with van der Waals surface area (Å²) in [5, 5.41) is -0.345. The zero-order valence-corrected chi connectivity index (χ0v) is 15.1. The lowest BCUT2D eigenvalue weighted by molar-refractivity contribution is -0.121. The van der Waals surface area contributed by atoms with Gasteiger partial charge in [-0.25, -0.2) is 4.39 Å². The van der Waals surface area contributed by atoms with E-state index in [4.69, 9.17) is 0 Å². The van der Waals surface area contributed by atoms with Crippen LogP contribution in [0.4, 0.5) is 14.9 Å². The SMILES string of the molecule is CC1=CC(C)(C)N(C)c2cc(F)c(/C=C3\SC(=O)N(C)C3=O)cc21. The predicted octanol–water partition coefficient (Wildman–Crippen LogP) is 4.12. The molecule has 2 aliphatic heterocycles. The Morgan fingerprint density at radius 1 is 1.21 bits per heavy atom.